The predicted octanol–water partition coefficient (Wildman–Crippen LogP) is 0.701. The molecular weight excluding hydrogens is 212 g/mol. The largest absolute Gasteiger partial charge is 0.478 e. The molecule has 0 saturated heterocycles. The summed E-state index contributed by atoms with van der Waals surface area (Å²) in [6, 6.07) is 3.01. The summed E-state index contributed by atoms with van der Waals surface area (Å²) in [6.45, 7) is 0. The molecule has 2 aromatic heterocycles. The Morgan fingerprint density at radius 1 is 1.44 bits per heavy atom. The third-order valence-electron chi connectivity index (χ3n) is 1.76. The van der Waals surface area contributed by atoms with Gasteiger partial charge < -0.3 is 9.84 Å². The maximum Gasteiger partial charge on any atom is 0.342 e. The SMILES string of the molecule is Cn1cnc(Oc2ccc(C(=O)O)cn2)n1. The number of carbonyl (C=O) groups is 1. The van der Waals surface area contributed by atoms with Gasteiger partial charge in [0.25, 0.3) is 0 Å². The van der Waals surface area contributed by atoms with E-state index in [4.69, 9.17) is 9.84 Å². The van der Waals surface area contributed by atoms with E-state index in [-0.39, 0.29) is 17.5 Å². The molecule has 0 aliphatic carbocycles. The maximum atomic E-state index is 10.6. The van der Waals surface area contributed by atoms with Gasteiger partial charge in [-0.2, -0.15) is 4.98 Å². The number of nitrogens with zero attached hydrogens (tertiary/aromatic N) is 4. The summed E-state index contributed by atoms with van der Waals surface area (Å²) in [5, 5.41) is 12.6. The summed E-state index contributed by atoms with van der Waals surface area (Å²) >= 11 is 0. The summed E-state index contributed by atoms with van der Waals surface area (Å²) < 4.78 is 6.67. The molecular formula is C9H8N4O3. The summed E-state index contributed by atoms with van der Waals surface area (Å²) in [4.78, 5) is 18.2. The first-order valence-corrected chi connectivity index (χ1v) is 4.38. The lowest BCUT2D eigenvalue weighted by Gasteiger charge is -1.99. The fourth-order valence-corrected chi connectivity index (χ4v) is 1.03. The molecule has 1 N–H and O–H groups in total. The number of carboxylic acids is 1. The number of aromatic nitrogens is 4. The van der Waals surface area contributed by atoms with Gasteiger partial charge in [-0.05, 0) is 6.07 Å². The van der Waals surface area contributed by atoms with Gasteiger partial charge >= 0.3 is 12.0 Å². The number of pyridine rings is 1. The number of aromatic carboxylic acids is 1. The number of carboxylic acid groups (broad SMARTS) is 1. The Hall–Kier alpha value is -2.44. The number of aryl methyl sites for hydroxylation is 1. The molecule has 0 amide bonds. The van der Waals surface area contributed by atoms with Crippen LogP contribution in [0.25, 0.3) is 0 Å². The fourth-order valence-electron chi connectivity index (χ4n) is 1.03. The first kappa shape index (κ1) is 10.1. The minimum atomic E-state index is -1.03. The van der Waals surface area contributed by atoms with Crippen molar-refractivity contribution in [2.45, 2.75) is 0 Å². The van der Waals surface area contributed by atoms with Crippen LogP contribution in [0.1, 0.15) is 10.4 Å². The Morgan fingerprint density at radius 2 is 2.25 bits per heavy atom. The number of ether oxygens (including phenoxy) is 1. The van der Waals surface area contributed by atoms with Crippen molar-refractivity contribution in [1.82, 2.24) is 19.7 Å². The van der Waals surface area contributed by atoms with E-state index in [9.17, 15) is 4.79 Å². The predicted molar refractivity (Wildman–Crippen MR) is 52.3 cm³/mol. The van der Waals surface area contributed by atoms with Crippen LogP contribution in [-0.2, 0) is 7.05 Å². The highest BCUT2D eigenvalue weighted by molar-refractivity contribution is 5.87. The minimum Gasteiger partial charge on any atom is -0.478 e. The molecule has 0 aliphatic heterocycles. The van der Waals surface area contributed by atoms with Gasteiger partial charge in [-0.15, -0.1) is 5.10 Å². The van der Waals surface area contributed by atoms with E-state index in [2.05, 4.69) is 15.1 Å². The summed E-state index contributed by atoms with van der Waals surface area (Å²) in [7, 11) is 1.71. The van der Waals surface area contributed by atoms with E-state index in [0.717, 1.165) is 0 Å². The molecule has 82 valence electrons. The molecule has 7 nitrogen and oxygen atoms in total. The van der Waals surface area contributed by atoms with Crippen LogP contribution in [0.3, 0.4) is 0 Å². The van der Waals surface area contributed by atoms with Gasteiger partial charge in [0.2, 0.25) is 5.88 Å². The standard InChI is InChI=1S/C9H8N4O3/c1-13-5-11-9(12-13)16-7-3-2-6(4-10-7)8(14)15/h2-5H,1H3,(H,14,15). The second-order valence-corrected chi connectivity index (χ2v) is 2.99. The smallest absolute Gasteiger partial charge is 0.342 e. The highest BCUT2D eigenvalue weighted by Gasteiger charge is 2.06. The van der Waals surface area contributed by atoms with Crippen molar-refractivity contribution < 1.29 is 14.6 Å². The van der Waals surface area contributed by atoms with Crippen LogP contribution in [-0.4, -0.2) is 30.8 Å². The Labute approximate surface area is 90.3 Å². The van der Waals surface area contributed by atoms with Crippen LogP contribution in [0.15, 0.2) is 24.7 Å². The van der Waals surface area contributed by atoms with E-state index in [0.29, 0.717) is 0 Å². The Kier molecular flexibility index (Phi) is 2.50. The molecule has 2 heterocycles. The van der Waals surface area contributed by atoms with E-state index in [1.54, 1.807) is 7.05 Å². The normalized spacial score (nSPS) is 10.1. The zero-order valence-corrected chi connectivity index (χ0v) is 8.36. The van der Waals surface area contributed by atoms with Crippen molar-refractivity contribution in [3.63, 3.8) is 0 Å². The molecule has 0 aromatic carbocycles. The Morgan fingerprint density at radius 3 is 2.75 bits per heavy atom. The van der Waals surface area contributed by atoms with Crippen LogP contribution < -0.4 is 4.74 Å². The minimum absolute atomic E-state index is 0.0985. The third kappa shape index (κ3) is 2.14. The third-order valence-corrected chi connectivity index (χ3v) is 1.76. The van der Waals surface area contributed by atoms with E-state index in [1.807, 2.05) is 0 Å². The molecule has 2 rings (SSSR count). The molecule has 2 aromatic rings. The molecule has 0 spiro atoms. The van der Waals surface area contributed by atoms with Gasteiger partial charge in [-0.25, -0.2) is 9.78 Å². The monoisotopic (exact) mass is 220 g/mol. The molecule has 0 saturated carbocycles. The maximum absolute atomic E-state index is 10.6. The summed E-state index contributed by atoms with van der Waals surface area (Å²) in [5.41, 5.74) is 0.0985. The molecule has 0 unspecified atom stereocenters. The van der Waals surface area contributed by atoms with Gasteiger partial charge in [0.1, 0.15) is 6.33 Å². The first-order valence-electron chi connectivity index (χ1n) is 4.38. The average Bonchev–Trinajstić information content (AvgIpc) is 2.65. The molecule has 0 fully saturated rings. The lowest BCUT2D eigenvalue weighted by Crippen LogP contribution is -1.98. The summed E-state index contributed by atoms with van der Waals surface area (Å²) in [5.74, 6) is -0.786. The lowest BCUT2D eigenvalue weighted by molar-refractivity contribution is 0.0696. The first-order chi connectivity index (χ1) is 7.65. The van der Waals surface area contributed by atoms with Crippen molar-refractivity contribution in [1.29, 1.82) is 0 Å². The highest BCUT2D eigenvalue weighted by Crippen LogP contribution is 2.14. The highest BCUT2D eigenvalue weighted by atomic mass is 16.5. The zero-order valence-electron chi connectivity index (χ0n) is 8.36. The second kappa shape index (κ2) is 3.97. The topological polar surface area (TPSA) is 90.1 Å². The van der Waals surface area contributed by atoms with Crippen molar-refractivity contribution in [2.75, 3.05) is 0 Å². The molecule has 0 aliphatic rings. The molecule has 0 bridgehead atoms. The van der Waals surface area contributed by atoms with E-state index < -0.39 is 5.97 Å². The van der Waals surface area contributed by atoms with Crippen molar-refractivity contribution in [2.24, 2.45) is 7.05 Å². The fraction of sp³-hybridized carbons (Fsp3) is 0.111. The van der Waals surface area contributed by atoms with Crippen LogP contribution in [0, 0.1) is 0 Å². The second-order valence-electron chi connectivity index (χ2n) is 2.99. The van der Waals surface area contributed by atoms with Crippen LogP contribution in [0.2, 0.25) is 0 Å². The van der Waals surface area contributed by atoms with Gasteiger partial charge in [-0.1, -0.05) is 0 Å². The number of hydrogen-bond donors (Lipinski definition) is 1. The molecule has 0 radical (unpaired) electrons. The van der Waals surface area contributed by atoms with Crippen LogP contribution in [0.4, 0.5) is 0 Å². The average molecular weight is 220 g/mol. The van der Waals surface area contributed by atoms with Gasteiger partial charge in [0.05, 0.1) is 5.56 Å². The Balaban J connectivity index is 2.14. The van der Waals surface area contributed by atoms with Crippen molar-refractivity contribution >= 4 is 5.97 Å². The van der Waals surface area contributed by atoms with E-state index >= 15 is 0 Å². The van der Waals surface area contributed by atoms with Gasteiger partial charge in [0.15, 0.2) is 0 Å². The molecule has 0 atom stereocenters. The van der Waals surface area contributed by atoms with Crippen LogP contribution in [0.5, 0.6) is 11.9 Å². The van der Waals surface area contributed by atoms with Crippen molar-refractivity contribution in [3.8, 4) is 11.9 Å². The summed E-state index contributed by atoms with van der Waals surface area (Å²) in [6.07, 6.45) is 2.70. The number of hydrogen-bond acceptors (Lipinski definition) is 5. The lowest BCUT2D eigenvalue weighted by atomic mass is 10.3. The van der Waals surface area contributed by atoms with Crippen molar-refractivity contribution in [3.05, 3.63) is 30.2 Å². The molecule has 16 heavy (non-hydrogen) atoms. The van der Waals surface area contributed by atoms with Gasteiger partial charge in [-0.3, -0.25) is 4.68 Å². The van der Waals surface area contributed by atoms with E-state index in [1.165, 1.54) is 29.3 Å². The van der Waals surface area contributed by atoms with Gasteiger partial charge in [0, 0.05) is 19.3 Å². The molecule has 7 heteroatoms. The Bertz CT molecular complexity index is 506. The van der Waals surface area contributed by atoms with Crippen LogP contribution >= 0.6 is 0 Å². The zero-order chi connectivity index (χ0) is 11.5. The quantitative estimate of drug-likeness (QED) is 0.818. The number of rotatable bonds is 3.